The minimum Gasteiger partial charge on any atom is -0.289 e. The summed E-state index contributed by atoms with van der Waals surface area (Å²) >= 11 is 11.8. The molecule has 16 nitrogen and oxygen atoms in total. The Labute approximate surface area is 291 Å². The SMILES string of the molecule is O=C1c2c(Cl)ccc(S(=O)(=O)O)c2C(=O)c2c(S(=O)(=O)O)ccc(Cl)c21.O=C1c2cccc(S(=O)(=O)O)c2C(=O)c2cccc(S(=O)(=O)O)c21. The maximum atomic E-state index is 12.9. The van der Waals surface area contributed by atoms with Gasteiger partial charge < -0.3 is 0 Å². The first kappa shape index (κ1) is 37.0. The Bertz CT molecular complexity index is 2550. The second kappa shape index (κ2) is 12.2. The lowest BCUT2D eigenvalue weighted by atomic mass is 9.84. The lowest BCUT2D eigenvalue weighted by Crippen LogP contribution is -2.26. The third-order valence-electron chi connectivity index (χ3n) is 7.25. The molecular formula is C28H14Cl2O16S4. The van der Waals surface area contributed by atoms with Crippen molar-refractivity contribution in [3.63, 3.8) is 0 Å². The summed E-state index contributed by atoms with van der Waals surface area (Å²) in [5.41, 5.74) is -4.52. The number of hydrogen-bond donors (Lipinski definition) is 4. The van der Waals surface area contributed by atoms with E-state index in [1.165, 1.54) is 0 Å². The summed E-state index contributed by atoms with van der Waals surface area (Å²) in [6.07, 6.45) is 0. The van der Waals surface area contributed by atoms with Crippen LogP contribution in [0.25, 0.3) is 0 Å². The highest BCUT2D eigenvalue weighted by atomic mass is 35.5. The molecule has 0 aliphatic heterocycles. The molecule has 0 unspecified atom stereocenters. The predicted octanol–water partition coefficient (Wildman–Crippen LogP) is 3.22. The molecule has 50 heavy (non-hydrogen) atoms. The molecule has 4 aromatic rings. The topological polar surface area (TPSA) is 286 Å². The molecule has 4 N–H and O–H groups in total. The van der Waals surface area contributed by atoms with Gasteiger partial charge in [0.25, 0.3) is 40.5 Å². The van der Waals surface area contributed by atoms with Gasteiger partial charge in [-0.05, 0) is 36.4 Å². The van der Waals surface area contributed by atoms with E-state index in [1.54, 1.807) is 0 Å². The second-order valence-corrected chi connectivity index (χ2v) is 16.5. The molecule has 0 saturated heterocycles. The zero-order valence-electron chi connectivity index (χ0n) is 23.9. The number of benzene rings is 4. The minimum absolute atomic E-state index is 0.301. The lowest BCUT2D eigenvalue weighted by molar-refractivity contribution is 0.0974. The summed E-state index contributed by atoms with van der Waals surface area (Å²) in [7, 11) is -19.5. The largest absolute Gasteiger partial charge is 0.295 e. The summed E-state index contributed by atoms with van der Waals surface area (Å²) < 4.78 is 129. The molecule has 0 aromatic heterocycles. The monoisotopic (exact) mass is 804 g/mol. The Hall–Kier alpha value is -4.22. The van der Waals surface area contributed by atoms with Crippen molar-refractivity contribution in [3.05, 3.63) is 115 Å². The molecule has 0 bridgehead atoms. The van der Waals surface area contributed by atoms with Crippen LogP contribution in [0, 0.1) is 0 Å². The average Bonchev–Trinajstić information content (AvgIpc) is 2.99. The Morgan fingerprint density at radius 3 is 0.940 bits per heavy atom. The van der Waals surface area contributed by atoms with E-state index in [4.69, 9.17) is 23.2 Å². The zero-order valence-corrected chi connectivity index (χ0v) is 28.6. The Kier molecular flexibility index (Phi) is 9.06. The van der Waals surface area contributed by atoms with Gasteiger partial charge in [0.05, 0.1) is 43.4 Å². The van der Waals surface area contributed by atoms with Crippen LogP contribution in [0.3, 0.4) is 0 Å². The van der Waals surface area contributed by atoms with Crippen LogP contribution in [0.2, 0.25) is 10.0 Å². The maximum absolute atomic E-state index is 12.9. The van der Waals surface area contributed by atoms with Crippen molar-refractivity contribution in [2.75, 3.05) is 0 Å². The normalized spacial score (nSPS) is 14.2. The van der Waals surface area contributed by atoms with E-state index in [-0.39, 0.29) is 21.2 Å². The van der Waals surface area contributed by atoms with Gasteiger partial charge in [-0.1, -0.05) is 47.5 Å². The molecular weight excluding hydrogens is 791 g/mol. The molecule has 260 valence electrons. The lowest BCUT2D eigenvalue weighted by Gasteiger charge is -2.22. The quantitative estimate of drug-likeness (QED) is 0.186. The fourth-order valence-electron chi connectivity index (χ4n) is 5.30. The summed E-state index contributed by atoms with van der Waals surface area (Å²) in [5.74, 6) is -4.17. The van der Waals surface area contributed by atoms with Gasteiger partial charge in [0.15, 0.2) is 23.1 Å². The van der Waals surface area contributed by atoms with Gasteiger partial charge in [0.1, 0.15) is 19.6 Å². The van der Waals surface area contributed by atoms with Crippen molar-refractivity contribution in [1.82, 2.24) is 0 Å². The molecule has 0 radical (unpaired) electrons. The fourth-order valence-corrected chi connectivity index (χ4v) is 8.59. The first-order valence-electron chi connectivity index (χ1n) is 12.9. The molecule has 6 rings (SSSR count). The molecule has 22 heteroatoms. The summed E-state index contributed by atoms with van der Waals surface area (Å²) in [6.45, 7) is 0. The van der Waals surface area contributed by atoms with Gasteiger partial charge in [0, 0.05) is 11.1 Å². The maximum Gasteiger partial charge on any atom is 0.295 e. The number of carbonyl (C=O) groups is 4. The first-order chi connectivity index (χ1) is 22.9. The summed E-state index contributed by atoms with van der Waals surface area (Å²) in [4.78, 5) is 47.5. The molecule has 0 atom stereocenters. The third kappa shape index (κ3) is 6.19. The number of halogens is 2. The molecule has 4 aromatic carbocycles. The van der Waals surface area contributed by atoms with Crippen molar-refractivity contribution in [1.29, 1.82) is 0 Å². The highest BCUT2D eigenvalue weighted by Crippen LogP contribution is 2.40. The Balaban J connectivity index is 0.000000195. The van der Waals surface area contributed by atoms with Crippen molar-refractivity contribution in [2.24, 2.45) is 0 Å². The fraction of sp³-hybridized carbons (Fsp3) is 0. The number of ketones is 4. The predicted molar refractivity (Wildman–Crippen MR) is 169 cm³/mol. The molecule has 0 fully saturated rings. The summed E-state index contributed by atoms with van der Waals surface area (Å²) in [6, 6.07) is 10.0. The van der Waals surface area contributed by atoms with Crippen molar-refractivity contribution in [3.8, 4) is 0 Å². The van der Waals surface area contributed by atoms with Crippen LogP contribution in [-0.2, 0) is 40.5 Å². The van der Waals surface area contributed by atoms with Gasteiger partial charge in [-0.2, -0.15) is 33.7 Å². The zero-order chi connectivity index (χ0) is 37.5. The van der Waals surface area contributed by atoms with Crippen LogP contribution in [0.15, 0.2) is 80.2 Å². The van der Waals surface area contributed by atoms with Crippen LogP contribution >= 0.6 is 23.2 Å². The number of fused-ring (bicyclic) bond motifs is 4. The van der Waals surface area contributed by atoms with Gasteiger partial charge in [-0.3, -0.25) is 37.4 Å². The smallest absolute Gasteiger partial charge is 0.289 e. The molecule has 0 saturated carbocycles. The summed E-state index contributed by atoms with van der Waals surface area (Å²) in [5, 5.41) is -0.602. The Morgan fingerprint density at radius 2 is 0.640 bits per heavy atom. The van der Waals surface area contributed by atoms with E-state index in [0.717, 1.165) is 60.7 Å². The molecule has 2 aliphatic rings. The van der Waals surface area contributed by atoms with Gasteiger partial charge in [-0.15, -0.1) is 0 Å². The number of hydrogen-bond acceptors (Lipinski definition) is 12. The van der Waals surface area contributed by atoms with Crippen LogP contribution in [-0.4, -0.2) is 75.0 Å². The van der Waals surface area contributed by atoms with Gasteiger partial charge in [0.2, 0.25) is 0 Å². The van der Waals surface area contributed by atoms with Gasteiger partial charge in [-0.25, -0.2) is 0 Å². The first-order valence-corrected chi connectivity index (χ1v) is 19.4. The van der Waals surface area contributed by atoms with Crippen LogP contribution < -0.4 is 0 Å². The van der Waals surface area contributed by atoms with E-state index < -0.39 is 117 Å². The van der Waals surface area contributed by atoms with Gasteiger partial charge >= 0.3 is 0 Å². The standard InChI is InChI=1S/C14H6Cl2O8S2.C14H8O8S2/c15-5-1-3-7(25(19,20)21)11-9(5)13(17)10-6(16)2-4-8(26(22,23)24)12(10)14(11)18;15-13-7-3-1-5-9(23(17,18)19)11(7)14(16)8-4-2-6-10(12(8)13)24(20,21)22/h1-4H,(H,19,20,21)(H,22,23,24);1-6H,(H,17,18,19)(H,20,21,22). The van der Waals surface area contributed by atoms with Crippen molar-refractivity contribution < 1.29 is 71.1 Å². The van der Waals surface area contributed by atoms with E-state index in [9.17, 15) is 71.1 Å². The molecule has 0 heterocycles. The molecule has 0 amide bonds. The number of carbonyl (C=O) groups excluding carboxylic acids is 4. The van der Waals surface area contributed by atoms with E-state index in [1.807, 2.05) is 0 Å². The number of rotatable bonds is 4. The average molecular weight is 806 g/mol. The second-order valence-electron chi connectivity index (χ2n) is 10.2. The van der Waals surface area contributed by atoms with Crippen LogP contribution in [0.4, 0.5) is 0 Å². The molecule has 2 aliphatic carbocycles. The van der Waals surface area contributed by atoms with E-state index in [0.29, 0.717) is 0 Å². The van der Waals surface area contributed by atoms with Crippen LogP contribution in [0.5, 0.6) is 0 Å². The highest BCUT2D eigenvalue weighted by molar-refractivity contribution is 7.86. The Morgan fingerprint density at radius 1 is 0.360 bits per heavy atom. The molecule has 0 spiro atoms. The van der Waals surface area contributed by atoms with Crippen molar-refractivity contribution >= 4 is 86.8 Å². The van der Waals surface area contributed by atoms with E-state index in [2.05, 4.69) is 0 Å². The van der Waals surface area contributed by atoms with Crippen LogP contribution in [0.1, 0.15) is 63.7 Å². The third-order valence-corrected chi connectivity index (χ3v) is 11.5. The van der Waals surface area contributed by atoms with Crippen molar-refractivity contribution in [2.45, 2.75) is 19.6 Å². The van der Waals surface area contributed by atoms with E-state index >= 15 is 0 Å². The minimum atomic E-state index is -4.95. The highest BCUT2D eigenvalue weighted by Gasteiger charge is 2.41.